The van der Waals surface area contributed by atoms with Crippen LogP contribution in [-0.2, 0) is 16.0 Å². The largest absolute Gasteiger partial charge is 0.510 e. The molecule has 1 amide bonds. The zero-order chi connectivity index (χ0) is 30.8. The van der Waals surface area contributed by atoms with Crippen LogP contribution in [0.4, 0.5) is 10.1 Å². The van der Waals surface area contributed by atoms with Gasteiger partial charge in [0.15, 0.2) is 11.4 Å². The van der Waals surface area contributed by atoms with E-state index in [9.17, 15) is 39.2 Å². The predicted molar refractivity (Wildman–Crippen MR) is 150 cm³/mol. The summed E-state index contributed by atoms with van der Waals surface area (Å²) >= 11 is 0. The lowest BCUT2D eigenvalue weighted by Crippen LogP contribution is -2.63. The second-order valence-electron chi connectivity index (χ2n) is 11.3. The van der Waals surface area contributed by atoms with E-state index < -0.39 is 69.6 Å². The van der Waals surface area contributed by atoms with Crippen LogP contribution in [0.25, 0.3) is 0 Å². The molecule has 6 N–H and O–H groups in total. The van der Waals surface area contributed by atoms with Crippen LogP contribution in [0.2, 0.25) is 0 Å². The van der Waals surface area contributed by atoms with Gasteiger partial charge in [0.25, 0.3) is 5.91 Å². The topological polar surface area (TPSA) is 165 Å². The SMILES string of the molecule is CN(C)c1cc(C#Cc2ccc(F)cc2)c(O)c2c1C[C@H]1C[C@H]3[C@H](N(C)C)C(O)=C(C(N)=O)C(=O)[C@@]3(O)C(O)=C1C2=O. The lowest BCUT2D eigenvalue weighted by molar-refractivity contribution is -0.148. The van der Waals surface area contributed by atoms with Gasteiger partial charge in [0.05, 0.1) is 17.2 Å². The van der Waals surface area contributed by atoms with Gasteiger partial charge in [0.2, 0.25) is 5.78 Å². The van der Waals surface area contributed by atoms with Crippen LogP contribution >= 0.6 is 0 Å². The predicted octanol–water partition coefficient (Wildman–Crippen LogP) is 1.73. The number of Topliss-reactive ketones (excluding diaryl/α,β-unsaturated/α-hetero) is 2. The highest BCUT2D eigenvalue weighted by Gasteiger charge is 2.63. The van der Waals surface area contributed by atoms with Gasteiger partial charge in [0, 0.05) is 36.8 Å². The number of nitrogens with zero attached hydrogens (tertiary/aromatic N) is 2. The number of nitrogens with two attached hydrogens (primary N) is 1. The van der Waals surface area contributed by atoms with Crippen LogP contribution in [0.3, 0.4) is 0 Å². The van der Waals surface area contributed by atoms with Crippen molar-refractivity contribution in [2.24, 2.45) is 17.6 Å². The van der Waals surface area contributed by atoms with Gasteiger partial charge in [-0.05, 0) is 68.8 Å². The molecule has 0 spiro atoms. The number of phenolic OH excluding ortho intramolecular Hbond substituents is 1. The molecule has 10 nitrogen and oxygen atoms in total. The van der Waals surface area contributed by atoms with Crippen molar-refractivity contribution in [2.75, 3.05) is 33.1 Å². The van der Waals surface area contributed by atoms with E-state index in [1.54, 1.807) is 39.2 Å². The summed E-state index contributed by atoms with van der Waals surface area (Å²) in [5.41, 5.74) is 3.06. The van der Waals surface area contributed by atoms with E-state index in [4.69, 9.17) is 5.73 Å². The number of allylic oxidation sites excluding steroid dienone is 1. The molecule has 42 heavy (non-hydrogen) atoms. The summed E-state index contributed by atoms with van der Waals surface area (Å²) < 4.78 is 13.3. The molecule has 11 heteroatoms. The third-order valence-corrected chi connectivity index (χ3v) is 8.37. The van der Waals surface area contributed by atoms with Crippen molar-refractivity contribution in [3.63, 3.8) is 0 Å². The number of ketones is 2. The Balaban J connectivity index is 1.70. The third kappa shape index (κ3) is 4.14. The molecule has 0 unspecified atom stereocenters. The monoisotopic (exact) mass is 575 g/mol. The van der Waals surface area contributed by atoms with Gasteiger partial charge < -0.3 is 31.1 Å². The number of amides is 1. The molecule has 0 radical (unpaired) electrons. The van der Waals surface area contributed by atoms with Crippen molar-refractivity contribution >= 4 is 23.2 Å². The zero-order valence-electron chi connectivity index (χ0n) is 23.4. The number of fused-ring (bicyclic) bond motifs is 3. The summed E-state index contributed by atoms with van der Waals surface area (Å²) in [6.45, 7) is 0. The van der Waals surface area contributed by atoms with E-state index >= 15 is 0 Å². The minimum Gasteiger partial charge on any atom is -0.510 e. The number of aromatic hydroxyl groups is 1. The van der Waals surface area contributed by atoms with Crippen LogP contribution in [0, 0.1) is 29.5 Å². The van der Waals surface area contributed by atoms with Crippen molar-refractivity contribution < 1.29 is 39.2 Å². The second kappa shape index (κ2) is 10.0. The Morgan fingerprint density at radius 3 is 2.29 bits per heavy atom. The number of carbonyl (C=O) groups is 3. The highest BCUT2D eigenvalue weighted by Crippen LogP contribution is 2.53. The van der Waals surface area contributed by atoms with Crippen LogP contribution in [0.5, 0.6) is 5.75 Å². The minimum absolute atomic E-state index is 0.00842. The van der Waals surface area contributed by atoms with Crippen LogP contribution in [0.15, 0.2) is 53.0 Å². The van der Waals surface area contributed by atoms with E-state index in [1.807, 2.05) is 0 Å². The number of phenols is 1. The number of rotatable bonds is 3. The molecule has 4 atom stereocenters. The summed E-state index contributed by atoms with van der Waals surface area (Å²) in [5, 5.41) is 45.4. The van der Waals surface area contributed by atoms with E-state index in [0.717, 1.165) is 0 Å². The number of aliphatic hydroxyl groups excluding tert-OH is 2. The Morgan fingerprint density at radius 2 is 1.71 bits per heavy atom. The normalized spacial score (nSPS) is 25.0. The lowest BCUT2D eigenvalue weighted by atomic mass is 9.58. The molecule has 0 fully saturated rings. The molecule has 2 aromatic rings. The number of aliphatic hydroxyl groups is 3. The molecule has 0 heterocycles. The summed E-state index contributed by atoms with van der Waals surface area (Å²) in [5.74, 6) is -1.95. The van der Waals surface area contributed by atoms with Crippen LogP contribution in [-0.4, -0.2) is 82.6 Å². The number of primary amides is 1. The Bertz CT molecular complexity index is 1680. The first-order valence-electron chi connectivity index (χ1n) is 13.2. The van der Waals surface area contributed by atoms with Gasteiger partial charge in [-0.15, -0.1) is 0 Å². The number of likely N-dealkylation sites (N-methyl/N-ethyl adjacent to an activating group) is 1. The fraction of sp³-hybridized carbons (Fsp3) is 0.323. The van der Waals surface area contributed by atoms with Crippen molar-refractivity contribution in [3.8, 4) is 17.6 Å². The molecule has 0 bridgehead atoms. The molecule has 2 aromatic carbocycles. The smallest absolute Gasteiger partial charge is 0.255 e. The Hall–Kier alpha value is -4.66. The maximum Gasteiger partial charge on any atom is 0.255 e. The second-order valence-corrected chi connectivity index (χ2v) is 11.3. The zero-order valence-corrected chi connectivity index (χ0v) is 23.4. The van der Waals surface area contributed by atoms with Gasteiger partial charge in [-0.3, -0.25) is 19.3 Å². The van der Waals surface area contributed by atoms with E-state index in [2.05, 4.69) is 11.8 Å². The number of hydrogen-bond acceptors (Lipinski definition) is 9. The minimum atomic E-state index is -2.72. The quantitative estimate of drug-likeness (QED) is 0.271. The number of anilines is 1. The summed E-state index contributed by atoms with van der Waals surface area (Å²) in [6, 6.07) is 5.99. The number of carbonyl (C=O) groups excluding carboxylic acids is 3. The maximum absolute atomic E-state index is 14.1. The first-order valence-corrected chi connectivity index (χ1v) is 13.2. The van der Waals surface area contributed by atoms with Crippen molar-refractivity contribution in [1.82, 2.24) is 4.90 Å². The highest BCUT2D eigenvalue weighted by atomic mass is 19.1. The number of halogens is 1. The molecular formula is C31H30FN3O7. The first-order chi connectivity index (χ1) is 19.7. The molecule has 0 saturated heterocycles. The summed E-state index contributed by atoms with van der Waals surface area (Å²) in [4.78, 5) is 42.9. The summed E-state index contributed by atoms with van der Waals surface area (Å²) in [6.07, 6.45) is 0.146. The van der Waals surface area contributed by atoms with Crippen molar-refractivity contribution in [1.29, 1.82) is 0 Å². The Kier molecular flexibility index (Phi) is 6.88. The van der Waals surface area contributed by atoms with Gasteiger partial charge in [-0.25, -0.2) is 4.39 Å². The lowest BCUT2D eigenvalue weighted by Gasteiger charge is -2.50. The molecule has 218 valence electrons. The highest BCUT2D eigenvalue weighted by molar-refractivity contribution is 6.25. The van der Waals surface area contributed by atoms with Crippen molar-refractivity contribution in [2.45, 2.75) is 24.5 Å². The Labute approximate surface area is 241 Å². The maximum atomic E-state index is 14.1. The van der Waals surface area contributed by atoms with Crippen LogP contribution < -0.4 is 10.6 Å². The summed E-state index contributed by atoms with van der Waals surface area (Å²) in [7, 11) is 6.66. The van der Waals surface area contributed by atoms with Gasteiger partial charge in [-0.2, -0.15) is 0 Å². The molecular weight excluding hydrogens is 545 g/mol. The fourth-order valence-electron chi connectivity index (χ4n) is 6.47. The van der Waals surface area contributed by atoms with E-state index in [-0.39, 0.29) is 29.5 Å². The third-order valence-electron chi connectivity index (χ3n) is 8.37. The van der Waals surface area contributed by atoms with Gasteiger partial charge in [-0.1, -0.05) is 11.8 Å². The molecule has 3 aliphatic rings. The van der Waals surface area contributed by atoms with E-state index in [1.165, 1.54) is 29.2 Å². The van der Waals surface area contributed by atoms with E-state index in [0.29, 0.717) is 16.8 Å². The fourth-order valence-corrected chi connectivity index (χ4v) is 6.47. The van der Waals surface area contributed by atoms with Crippen molar-refractivity contribution in [3.05, 3.63) is 81.1 Å². The number of hydrogen-bond donors (Lipinski definition) is 5. The average molecular weight is 576 g/mol. The molecule has 5 rings (SSSR count). The standard InChI is InChI=1S/C31H30FN3O7/c1-34(2)20-13-15(8-5-14-6-9-17(32)10-7-14)25(36)22-18(20)11-16-12-19-24(35(3)4)27(38)23(30(33)41)29(40)31(19,42)28(39)21(16)26(22)37/h6-7,9-10,13,16,19,24,36,38-39,42H,11-12H2,1-4H3,(H2,33,41)/t16-,19-,24-,31-/m0/s1. The average Bonchev–Trinajstić information content (AvgIpc) is 2.90. The molecule has 0 saturated carbocycles. The van der Waals surface area contributed by atoms with Crippen LogP contribution in [0.1, 0.15) is 33.5 Å². The Morgan fingerprint density at radius 1 is 1.07 bits per heavy atom. The van der Waals surface area contributed by atoms with Gasteiger partial charge in [0.1, 0.15) is 28.7 Å². The molecule has 0 aromatic heterocycles. The molecule has 3 aliphatic carbocycles. The molecule has 0 aliphatic heterocycles. The van der Waals surface area contributed by atoms with Gasteiger partial charge >= 0.3 is 0 Å². The number of benzene rings is 2. The first kappa shape index (κ1) is 28.9.